The maximum atomic E-state index is 12.4. The Morgan fingerprint density at radius 3 is 1.13 bits per heavy atom. The van der Waals surface area contributed by atoms with E-state index in [2.05, 4.69) is 18.0 Å². The van der Waals surface area contributed by atoms with Crippen LogP contribution in [-0.2, 0) is 34.4 Å². The summed E-state index contributed by atoms with van der Waals surface area (Å²) in [4.78, 5) is 0. The number of rotatable bonds is 36. The number of hydrogen-bond donors (Lipinski definition) is 0. The average Bonchev–Trinajstić information content (AvgIpc) is 3.09. The summed E-state index contributed by atoms with van der Waals surface area (Å²) in [5, 5.41) is 0. The second-order valence-electron chi connectivity index (χ2n) is 13.6. The predicted molar refractivity (Wildman–Crippen MR) is 219 cm³/mol. The van der Waals surface area contributed by atoms with Crippen LogP contribution in [0.25, 0.3) is 0 Å². The number of halogens is 4. The lowest BCUT2D eigenvalue weighted by Gasteiger charge is -2.08. The van der Waals surface area contributed by atoms with Crippen molar-refractivity contribution in [2.45, 2.75) is 201 Å². The molecular weight excluding hydrogens is 773 g/mol. The molecule has 0 aromatic rings. The Morgan fingerprint density at radius 1 is 0.453 bits per heavy atom. The fourth-order valence-corrected chi connectivity index (χ4v) is 10.4. The van der Waals surface area contributed by atoms with Gasteiger partial charge in [0.1, 0.15) is 0 Å². The van der Waals surface area contributed by atoms with E-state index < -0.39 is 54.5 Å². The van der Waals surface area contributed by atoms with Gasteiger partial charge >= 0.3 is 16.4 Å². The van der Waals surface area contributed by atoms with Gasteiger partial charge in [-0.3, -0.25) is 4.18 Å². The minimum atomic E-state index is -4.70. The van der Waals surface area contributed by atoms with Crippen molar-refractivity contribution < 1.29 is 46.5 Å². The molecule has 0 saturated carbocycles. The van der Waals surface area contributed by atoms with Crippen LogP contribution in [0.4, 0.5) is 17.1 Å². The van der Waals surface area contributed by atoms with E-state index in [0.29, 0.717) is 6.42 Å². The van der Waals surface area contributed by atoms with Crippen LogP contribution >= 0.6 is 11.8 Å². The highest BCUT2D eigenvalue weighted by Gasteiger charge is 2.30. The van der Waals surface area contributed by atoms with Gasteiger partial charge < -0.3 is 0 Å². The standard InChI is InChI=1S/C20H41FO4S2.C16H31F3O3S2.C2H6/c1-2-3-4-5-6-7-8-9-10-11-12-13-14-15-16-17-18-26(22,23)19-20-27(21,24)25;1-2-3-4-5-6-7-8-9-10-11-12-23-13-14-24(20,21)22-15-16(17,18)19;1-2/h2-20H2,1H3;2-15H2,1H3;1-2H3. The molecule has 0 fully saturated rings. The van der Waals surface area contributed by atoms with Crippen LogP contribution in [0.15, 0.2) is 0 Å². The maximum Gasteiger partial charge on any atom is 0.413 e. The van der Waals surface area contributed by atoms with E-state index >= 15 is 0 Å². The van der Waals surface area contributed by atoms with Crippen molar-refractivity contribution in [1.29, 1.82) is 0 Å². The zero-order valence-electron chi connectivity index (χ0n) is 33.8. The van der Waals surface area contributed by atoms with Gasteiger partial charge in [-0.1, -0.05) is 182 Å². The molecule has 53 heavy (non-hydrogen) atoms. The summed E-state index contributed by atoms with van der Waals surface area (Å²) in [6.07, 6.45) is 27.3. The summed E-state index contributed by atoms with van der Waals surface area (Å²) in [6, 6.07) is 0. The van der Waals surface area contributed by atoms with E-state index in [0.717, 1.165) is 37.9 Å². The SMILES string of the molecule is CC.CCCCCCCCCCCCCCCCCCS(=O)(=O)CCS(=O)(=O)F.CCCCCCCCCCCCSCCS(=O)(=O)OCC(F)(F)F. The lowest BCUT2D eigenvalue weighted by molar-refractivity contribution is -0.152. The van der Waals surface area contributed by atoms with Gasteiger partial charge in [-0.2, -0.15) is 41.8 Å². The number of hydrogen-bond acceptors (Lipinski definition) is 8. The highest BCUT2D eigenvalue weighted by molar-refractivity contribution is 8.00. The van der Waals surface area contributed by atoms with E-state index in [4.69, 9.17) is 0 Å². The summed E-state index contributed by atoms with van der Waals surface area (Å²) in [5.74, 6) is -0.825. The smallest absolute Gasteiger partial charge is 0.260 e. The van der Waals surface area contributed by atoms with E-state index in [1.807, 2.05) is 13.8 Å². The fourth-order valence-electron chi connectivity index (χ4n) is 5.37. The second kappa shape index (κ2) is 38.7. The Balaban J connectivity index is -0.000000906. The first-order valence-electron chi connectivity index (χ1n) is 20.7. The first-order chi connectivity index (χ1) is 25.0. The Labute approximate surface area is 329 Å². The molecule has 0 saturated heterocycles. The molecule has 0 aliphatic rings. The molecule has 0 unspecified atom stereocenters. The molecular formula is C38H78F4O7S4. The first-order valence-corrected chi connectivity index (χ1v) is 26.8. The third-order valence-corrected chi connectivity index (χ3v) is 13.7. The number of unbranched alkanes of at least 4 members (excludes halogenated alkanes) is 24. The van der Waals surface area contributed by atoms with Crippen molar-refractivity contribution in [1.82, 2.24) is 0 Å². The highest BCUT2D eigenvalue weighted by Crippen LogP contribution is 2.18. The fraction of sp³-hybridized carbons (Fsp3) is 1.00. The molecule has 0 aliphatic carbocycles. The second-order valence-corrected chi connectivity index (χ2v) is 20.4. The van der Waals surface area contributed by atoms with E-state index in [9.17, 15) is 42.3 Å². The van der Waals surface area contributed by atoms with Crippen molar-refractivity contribution in [3.63, 3.8) is 0 Å². The summed E-state index contributed by atoms with van der Waals surface area (Å²) >= 11 is 1.45. The molecule has 0 aromatic heterocycles. The largest absolute Gasteiger partial charge is 0.413 e. The van der Waals surface area contributed by atoms with Crippen molar-refractivity contribution in [3.8, 4) is 0 Å². The lowest BCUT2D eigenvalue weighted by Crippen LogP contribution is -2.22. The van der Waals surface area contributed by atoms with Crippen LogP contribution in [0.2, 0.25) is 0 Å². The lowest BCUT2D eigenvalue weighted by atomic mass is 10.0. The van der Waals surface area contributed by atoms with Gasteiger partial charge in [-0.25, -0.2) is 8.42 Å². The van der Waals surface area contributed by atoms with Crippen molar-refractivity contribution in [2.24, 2.45) is 0 Å². The van der Waals surface area contributed by atoms with Crippen molar-refractivity contribution in [2.75, 3.05) is 41.1 Å². The third kappa shape index (κ3) is 54.0. The molecule has 0 atom stereocenters. The number of alkyl halides is 3. The van der Waals surface area contributed by atoms with Gasteiger partial charge in [0.15, 0.2) is 16.4 Å². The number of sulfone groups is 1. The van der Waals surface area contributed by atoms with Crippen LogP contribution in [0.5, 0.6) is 0 Å². The minimum Gasteiger partial charge on any atom is -0.260 e. The monoisotopic (exact) mass is 850 g/mol. The average molecular weight is 851 g/mol. The predicted octanol–water partition coefficient (Wildman–Crippen LogP) is 12.5. The molecule has 0 N–H and O–H groups in total. The van der Waals surface area contributed by atoms with E-state index in [1.54, 1.807) is 0 Å². The molecule has 0 radical (unpaired) electrons. The van der Waals surface area contributed by atoms with Gasteiger partial charge in [0, 0.05) is 5.75 Å². The van der Waals surface area contributed by atoms with Gasteiger partial charge in [-0.15, -0.1) is 3.89 Å². The van der Waals surface area contributed by atoms with Crippen molar-refractivity contribution >= 4 is 41.9 Å². The van der Waals surface area contributed by atoms with Gasteiger partial charge in [0.2, 0.25) is 0 Å². The normalized spacial score (nSPS) is 12.2. The third-order valence-electron chi connectivity index (χ3n) is 8.47. The minimum absolute atomic E-state index is 0.0407. The quantitative estimate of drug-likeness (QED) is 0.0265. The van der Waals surface area contributed by atoms with Gasteiger partial charge in [0.05, 0.1) is 23.0 Å². The molecule has 0 rings (SSSR count). The van der Waals surface area contributed by atoms with Crippen LogP contribution in [-0.4, -0.2) is 72.6 Å². The molecule has 0 amide bonds. The summed E-state index contributed by atoms with van der Waals surface area (Å²) in [6.45, 7) is 6.72. The molecule has 0 heterocycles. The van der Waals surface area contributed by atoms with E-state index in [-0.39, 0.29) is 17.3 Å². The molecule has 0 spiro atoms. The van der Waals surface area contributed by atoms with Crippen LogP contribution in [0.3, 0.4) is 0 Å². The highest BCUT2D eigenvalue weighted by atomic mass is 32.3. The zero-order chi connectivity index (χ0) is 40.7. The van der Waals surface area contributed by atoms with Crippen molar-refractivity contribution in [3.05, 3.63) is 0 Å². The Morgan fingerprint density at radius 2 is 0.792 bits per heavy atom. The molecule has 324 valence electrons. The topological polar surface area (TPSA) is 112 Å². The maximum absolute atomic E-state index is 12.4. The summed E-state index contributed by atoms with van der Waals surface area (Å²) < 4.78 is 118. The summed E-state index contributed by atoms with van der Waals surface area (Å²) in [7, 11) is -12.2. The Hall–Kier alpha value is -0.120. The first kappa shape index (κ1) is 57.2. The van der Waals surface area contributed by atoms with Crippen LogP contribution < -0.4 is 0 Å². The van der Waals surface area contributed by atoms with Crippen LogP contribution in [0, 0.1) is 0 Å². The van der Waals surface area contributed by atoms with Crippen LogP contribution in [0.1, 0.15) is 195 Å². The molecule has 7 nitrogen and oxygen atoms in total. The molecule has 15 heteroatoms. The Bertz CT molecular complexity index is 1090. The van der Waals surface area contributed by atoms with Gasteiger partial charge in [0.25, 0.3) is 10.1 Å². The molecule has 0 bridgehead atoms. The molecule has 0 aliphatic heterocycles. The number of thioether (sulfide) groups is 1. The Kier molecular flexibility index (Phi) is 41.8. The molecule has 0 aromatic carbocycles. The zero-order valence-corrected chi connectivity index (χ0v) is 37.1. The van der Waals surface area contributed by atoms with E-state index in [1.165, 1.54) is 140 Å². The van der Waals surface area contributed by atoms with Gasteiger partial charge in [-0.05, 0) is 18.6 Å². The summed E-state index contributed by atoms with van der Waals surface area (Å²) in [5.41, 5.74) is 0.